The second kappa shape index (κ2) is 13.9. The van der Waals surface area contributed by atoms with Gasteiger partial charge < -0.3 is 20.3 Å². The molecule has 2 bridgehead atoms. The van der Waals surface area contributed by atoms with Gasteiger partial charge in [-0.1, -0.05) is 62.9 Å². The van der Waals surface area contributed by atoms with E-state index in [-0.39, 0.29) is 6.42 Å². The number of carboxylic acids is 1. The smallest absolute Gasteiger partial charge is 0.303 e. The van der Waals surface area contributed by atoms with E-state index >= 15 is 0 Å². The van der Waals surface area contributed by atoms with E-state index in [0.717, 1.165) is 62.9 Å². The number of aliphatic hydroxyl groups is 1. The van der Waals surface area contributed by atoms with Crippen LogP contribution in [0.2, 0.25) is 0 Å². The summed E-state index contributed by atoms with van der Waals surface area (Å²) in [6.45, 7) is 5.05. The third kappa shape index (κ3) is 8.25. The second-order valence-electron chi connectivity index (χ2n) is 10.5. The molecule has 0 saturated carbocycles. The lowest BCUT2D eigenvalue weighted by Crippen LogP contribution is -2.50. The first-order chi connectivity index (χ1) is 16.4. The molecular weight excluding hydrogens is 446 g/mol. The summed E-state index contributed by atoms with van der Waals surface area (Å²) < 4.78 is 6.34. The quantitative estimate of drug-likeness (QED) is 0.245. The summed E-state index contributed by atoms with van der Waals surface area (Å²) in [4.78, 5) is 10.7. The largest absolute Gasteiger partial charge is 0.481 e. The van der Waals surface area contributed by atoms with Crippen LogP contribution in [-0.2, 0) is 15.3 Å². The number of rotatable bonds is 17. The highest BCUT2D eigenvalue weighted by Crippen LogP contribution is 2.47. The van der Waals surface area contributed by atoms with Crippen LogP contribution in [0.5, 0.6) is 0 Å². The van der Waals surface area contributed by atoms with Gasteiger partial charge in [0.1, 0.15) is 0 Å². The molecule has 0 aromatic heterocycles. The van der Waals surface area contributed by atoms with Crippen LogP contribution < -0.4 is 5.32 Å². The molecule has 0 spiro atoms. The number of aliphatic carboxylic acids is 1. The molecule has 0 aliphatic carbocycles. The second-order valence-corrected chi connectivity index (χ2v) is 11.5. The molecule has 6 heteroatoms. The molecular formula is C28H45NO4S. The van der Waals surface area contributed by atoms with Crippen molar-refractivity contribution in [2.45, 2.75) is 108 Å². The van der Waals surface area contributed by atoms with Crippen LogP contribution in [0.1, 0.15) is 83.6 Å². The Morgan fingerprint density at radius 3 is 2.65 bits per heavy atom. The normalized spacial score (nSPS) is 26.4. The fraction of sp³-hybridized carbons (Fsp3) is 0.750. The Hall–Kier alpha value is -1.08. The summed E-state index contributed by atoms with van der Waals surface area (Å²) in [5.41, 5.74) is 0.609. The predicted octanol–water partition coefficient (Wildman–Crippen LogP) is 5.65. The summed E-state index contributed by atoms with van der Waals surface area (Å²) in [7, 11) is 0. The SMILES string of the molecule is CCCC(O)(CNC(C)C1C2CCC(O2)C1CCCCCCC(=O)O)CSCc1ccccc1. The van der Waals surface area contributed by atoms with Crippen LogP contribution in [0.4, 0.5) is 0 Å². The molecule has 3 rings (SSSR count). The van der Waals surface area contributed by atoms with Crippen LogP contribution >= 0.6 is 11.8 Å². The number of unbranched alkanes of at least 4 members (excludes halogenated alkanes) is 3. The fourth-order valence-corrected chi connectivity index (χ4v) is 7.15. The lowest BCUT2D eigenvalue weighted by molar-refractivity contribution is -0.137. The third-order valence-corrected chi connectivity index (χ3v) is 8.97. The Labute approximate surface area is 210 Å². The van der Waals surface area contributed by atoms with Crippen molar-refractivity contribution in [2.75, 3.05) is 12.3 Å². The van der Waals surface area contributed by atoms with Gasteiger partial charge in [0.25, 0.3) is 0 Å². The lowest BCUT2D eigenvalue weighted by Gasteiger charge is -2.36. The number of benzene rings is 1. The first kappa shape index (κ1) is 27.5. The number of hydrogen-bond donors (Lipinski definition) is 3. The topological polar surface area (TPSA) is 78.8 Å². The van der Waals surface area contributed by atoms with Crippen molar-refractivity contribution in [1.82, 2.24) is 5.32 Å². The zero-order chi connectivity index (χ0) is 24.4. The molecule has 0 radical (unpaired) electrons. The number of hydrogen-bond acceptors (Lipinski definition) is 5. The van der Waals surface area contributed by atoms with Crippen molar-refractivity contribution in [3.05, 3.63) is 35.9 Å². The fourth-order valence-electron chi connectivity index (χ4n) is 5.99. The average molecular weight is 492 g/mol. The minimum absolute atomic E-state index is 0.283. The van der Waals surface area contributed by atoms with Crippen LogP contribution in [-0.4, -0.2) is 52.3 Å². The van der Waals surface area contributed by atoms with E-state index in [9.17, 15) is 9.90 Å². The van der Waals surface area contributed by atoms with Gasteiger partial charge >= 0.3 is 5.97 Å². The average Bonchev–Trinajstić information content (AvgIpc) is 3.42. The molecule has 1 aromatic carbocycles. The monoisotopic (exact) mass is 491 g/mol. The molecule has 2 fully saturated rings. The van der Waals surface area contributed by atoms with Gasteiger partial charge in [0.15, 0.2) is 0 Å². The predicted molar refractivity (Wildman–Crippen MR) is 140 cm³/mol. The molecule has 2 heterocycles. The Balaban J connectivity index is 1.46. The summed E-state index contributed by atoms with van der Waals surface area (Å²) in [6.07, 6.45) is 10.3. The maximum atomic E-state index is 11.4. The zero-order valence-electron chi connectivity index (χ0n) is 21.1. The third-order valence-electron chi connectivity index (χ3n) is 7.69. The van der Waals surface area contributed by atoms with Crippen molar-refractivity contribution in [3.63, 3.8) is 0 Å². The van der Waals surface area contributed by atoms with Gasteiger partial charge in [-0.3, -0.25) is 4.79 Å². The number of nitrogens with one attached hydrogen (secondary N) is 1. The van der Waals surface area contributed by atoms with Crippen molar-refractivity contribution < 1.29 is 19.7 Å². The van der Waals surface area contributed by atoms with E-state index in [2.05, 4.69) is 43.4 Å². The number of ether oxygens (including phenoxy) is 1. The molecule has 6 unspecified atom stereocenters. The highest BCUT2D eigenvalue weighted by molar-refractivity contribution is 7.98. The molecule has 0 amide bonds. The van der Waals surface area contributed by atoms with Crippen molar-refractivity contribution in [3.8, 4) is 0 Å². The Bertz CT molecular complexity index is 732. The number of thioether (sulfide) groups is 1. The minimum atomic E-state index is -0.694. The zero-order valence-corrected chi connectivity index (χ0v) is 21.9. The molecule has 2 saturated heterocycles. The molecule has 1 aromatic rings. The van der Waals surface area contributed by atoms with Gasteiger partial charge in [-0.2, -0.15) is 11.8 Å². The highest BCUT2D eigenvalue weighted by atomic mass is 32.2. The van der Waals surface area contributed by atoms with Crippen LogP contribution in [0, 0.1) is 11.8 Å². The number of fused-ring (bicyclic) bond motifs is 2. The summed E-state index contributed by atoms with van der Waals surface area (Å²) >= 11 is 1.82. The molecule has 2 aliphatic rings. The van der Waals surface area contributed by atoms with E-state index in [1.54, 1.807) is 0 Å². The van der Waals surface area contributed by atoms with E-state index < -0.39 is 11.6 Å². The van der Waals surface area contributed by atoms with Gasteiger partial charge in [-0.05, 0) is 50.5 Å². The Morgan fingerprint density at radius 1 is 1.18 bits per heavy atom. The highest BCUT2D eigenvalue weighted by Gasteiger charge is 2.50. The van der Waals surface area contributed by atoms with Crippen molar-refractivity contribution >= 4 is 17.7 Å². The first-order valence-electron chi connectivity index (χ1n) is 13.4. The van der Waals surface area contributed by atoms with Gasteiger partial charge in [0, 0.05) is 36.4 Å². The molecule has 5 nitrogen and oxygen atoms in total. The molecule has 2 aliphatic heterocycles. The molecule has 34 heavy (non-hydrogen) atoms. The summed E-state index contributed by atoms with van der Waals surface area (Å²) in [5.74, 6) is 2.05. The van der Waals surface area contributed by atoms with E-state index in [1.807, 2.05) is 17.8 Å². The standard InChI is InChI=1S/C28H45NO4S/c1-3-17-28(32,20-34-18-22-11-7-6-8-12-22)19-29-21(2)27-23(24-15-16-25(27)33-24)13-9-4-5-10-14-26(30)31/h6-8,11-12,21,23-25,27,29,32H,3-5,9-10,13-20H2,1-2H3,(H,30,31). The van der Waals surface area contributed by atoms with E-state index in [1.165, 1.54) is 12.0 Å². The number of carbonyl (C=O) groups is 1. The van der Waals surface area contributed by atoms with Gasteiger partial charge in [-0.25, -0.2) is 0 Å². The maximum Gasteiger partial charge on any atom is 0.303 e. The number of carboxylic acid groups (broad SMARTS) is 1. The van der Waals surface area contributed by atoms with Crippen molar-refractivity contribution in [1.29, 1.82) is 0 Å². The van der Waals surface area contributed by atoms with Crippen molar-refractivity contribution in [2.24, 2.45) is 11.8 Å². The minimum Gasteiger partial charge on any atom is -0.481 e. The van der Waals surface area contributed by atoms with E-state index in [0.29, 0.717) is 36.6 Å². The van der Waals surface area contributed by atoms with Crippen LogP contribution in [0.15, 0.2) is 30.3 Å². The summed E-state index contributed by atoms with van der Waals surface area (Å²) in [5, 5.41) is 23.9. The molecule has 3 N–H and O–H groups in total. The Kier molecular flexibility index (Phi) is 11.2. The lowest BCUT2D eigenvalue weighted by atomic mass is 9.73. The maximum absolute atomic E-state index is 11.4. The first-order valence-corrected chi connectivity index (χ1v) is 14.5. The van der Waals surface area contributed by atoms with E-state index in [4.69, 9.17) is 9.84 Å². The summed E-state index contributed by atoms with van der Waals surface area (Å²) in [6, 6.07) is 10.8. The molecule has 6 atom stereocenters. The van der Waals surface area contributed by atoms with Gasteiger partial charge in [0.05, 0.1) is 17.8 Å². The van der Waals surface area contributed by atoms with Gasteiger partial charge in [-0.15, -0.1) is 0 Å². The van der Waals surface area contributed by atoms with Crippen LogP contribution in [0.3, 0.4) is 0 Å². The molecule has 192 valence electrons. The Morgan fingerprint density at radius 2 is 1.91 bits per heavy atom. The van der Waals surface area contributed by atoms with Gasteiger partial charge in [0.2, 0.25) is 0 Å². The van der Waals surface area contributed by atoms with Crippen LogP contribution in [0.25, 0.3) is 0 Å².